The Labute approximate surface area is 243 Å². The van der Waals surface area contributed by atoms with Crippen molar-refractivity contribution in [3.05, 3.63) is 40.3 Å². The number of nitrogens with zero attached hydrogens (tertiary/aromatic N) is 4. The monoisotopic (exact) mass is 704 g/mol. The van der Waals surface area contributed by atoms with Crippen molar-refractivity contribution < 1.29 is 89.0 Å². The molecule has 1 aromatic carbocycles. The second kappa shape index (κ2) is 12.9. The highest BCUT2D eigenvalue weighted by Gasteiger charge is 2.95. The van der Waals surface area contributed by atoms with Crippen molar-refractivity contribution in [1.29, 1.82) is 0 Å². The summed E-state index contributed by atoms with van der Waals surface area (Å²) in [6.07, 6.45) is -5.85. The van der Waals surface area contributed by atoms with Crippen LogP contribution in [0, 0.1) is 12.3 Å². The first-order chi connectivity index (χ1) is 20.5. The van der Waals surface area contributed by atoms with Gasteiger partial charge in [0.15, 0.2) is 0 Å². The van der Waals surface area contributed by atoms with Gasteiger partial charge in [-0.05, 0) is 17.7 Å². The van der Waals surface area contributed by atoms with E-state index >= 15 is 0 Å². The van der Waals surface area contributed by atoms with E-state index in [9.17, 15) is 84.2 Å². The van der Waals surface area contributed by atoms with Gasteiger partial charge in [0, 0.05) is 16.2 Å². The third-order valence-corrected chi connectivity index (χ3v) is 5.63. The Kier molecular flexibility index (Phi) is 11.2. The third kappa shape index (κ3) is 6.82. The van der Waals surface area contributed by atoms with E-state index in [2.05, 4.69) is 14.8 Å². The lowest BCUT2D eigenvalue weighted by Gasteiger charge is -2.42. The van der Waals surface area contributed by atoms with E-state index in [-0.39, 0.29) is 11.3 Å². The molecule has 0 radical (unpaired) electrons. The van der Waals surface area contributed by atoms with Crippen LogP contribution in [-0.2, 0) is 9.53 Å². The fourth-order valence-electron chi connectivity index (χ4n) is 3.06. The van der Waals surface area contributed by atoms with Crippen molar-refractivity contribution in [2.75, 3.05) is 19.7 Å². The van der Waals surface area contributed by atoms with Gasteiger partial charge in [-0.2, -0.15) is 74.6 Å². The summed E-state index contributed by atoms with van der Waals surface area (Å²) in [6, 6.07) is 4.26. The Hall–Kier alpha value is -4.16. The van der Waals surface area contributed by atoms with Crippen molar-refractivity contribution in [1.82, 2.24) is 4.90 Å². The maximum Gasteiger partial charge on any atom is 0.460 e. The van der Waals surface area contributed by atoms with E-state index in [1.165, 1.54) is 0 Å². The molecule has 258 valence electrons. The lowest BCUT2D eigenvalue weighted by Crippen LogP contribution is -2.74. The number of azide groups is 1. The Morgan fingerprint density at radius 3 is 1.61 bits per heavy atom. The molecule has 46 heavy (non-hydrogen) atoms. The van der Waals surface area contributed by atoms with Crippen LogP contribution >= 0.6 is 0 Å². The average molecular weight is 704 g/mol. The molecule has 7 nitrogen and oxygen atoms in total. The van der Waals surface area contributed by atoms with Gasteiger partial charge in [-0.25, -0.2) is 0 Å². The molecule has 0 atom stereocenters. The molecular formula is C22H13F17N4O3. The van der Waals surface area contributed by atoms with Crippen LogP contribution in [0.15, 0.2) is 29.4 Å². The fourth-order valence-corrected chi connectivity index (χ4v) is 3.06. The number of hydrogen-bond donors (Lipinski definition) is 0. The fraction of sp³-hybridized carbons (Fsp3) is 0.545. The smallest absolute Gasteiger partial charge is 0.460 e. The summed E-state index contributed by atoms with van der Waals surface area (Å²) in [5, 5.41) is 3.18. The molecule has 1 aromatic rings. The number of carbonyl (C=O) groups excluding carboxylic acids is 2. The van der Waals surface area contributed by atoms with Crippen molar-refractivity contribution in [2.45, 2.75) is 54.1 Å². The SMILES string of the molecule is C#CCN(CC(=O)OCCC(F)(F)C(F)(F)C(F)(F)C(F)(F)C(F)(F)C(F)(F)C(F)(F)C(F)(F)F)C(=O)c1ccc(N=[N+]=[N-])cc1. The number of rotatable bonds is 14. The van der Waals surface area contributed by atoms with Crippen LogP contribution in [0.25, 0.3) is 10.4 Å². The number of hydrogen-bond acceptors (Lipinski definition) is 4. The minimum Gasteiger partial charge on any atom is -0.464 e. The Bertz CT molecular complexity index is 1360. The van der Waals surface area contributed by atoms with E-state index < -0.39 is 85.6 Å². The largest absolute Gasteiger partial charge is 0.464 e. The zero-order valence-corrected chi connectivity index (χ0v) is 21.7. The predicted octanol–water partition coefficient (Wildman–Crippen LogP) is 7.65. The number of amides is 1. The second-order valence-electron chi connectivity index (χ2n) is 8.72. The summed E-state index contributed by atoms with van der Waals surface area (Å²) in [7, 11) is 0. The molecule has 0 unspecified atom stereocenters. The number of ether oxygens (including phenoxy) is 1. The summed E-state index contributed by atoms with van der Waals surface area (Å²) in [4.78, 5) is 27.3. The molecule has 24 heteroatoms. The maximum atomic E-state index is 14.0. The van der Waals surface area contributed by atoms with Crippen molar-refractivity contribution in [3.8, 4) is 12.3 Å². The number of esters is 1. The topological polar surface area (TPSA) is 95.4 Å². The summed E-state index contributed by atoms with van der Waals surface area (Å²) in [5.41, 5.74) is 8.08. The van der Waals surface area contributed by atoms with Gasteiger partial charge >= 0.3 is 53.6 Å². The molecular weight excluding hydrogens is 691 g/mol. The first-order valence-electron chi connectivity index (χ1n) is 11.3. The van der Waals surface area contributed by atoms with Crippen molar-refractivity contribution in [2.24, 2.45) is 5.11 Å². The highest BCUT2D eigenvalue weighted by atomic mass is 19.4. The van der Waals surface area contributed by atoms with E-state index in [1.54, 1.807) is 0 Å². The Morgan fingerprint density at radius 2 is 1.20 bits per heavy atom. The van der Waals surface area contributed by atoms with Gasteiger partial charge in [-0.3, -0.25) is 9.59 Å². The van der Waals surface area contributed by atoms with Crippen LogP contribution in [0.4, 0.5) is 80.3 Å². The molecule has 0 aromatic heterocycles. The Balaban J connectivity index is 3.17. The first-order valence-corrected chi connectivity index (χ1v) is 11.3. The van der Waals surface area contributed by atoms with Crippen molar-refractivity contribution >= 4 is 17.6 Å². The molecule has 0 aliphatic heterocycles. The molecule has 0 fully saturated rings. The number of halogens is 17. The normalized spacial score (nSPS) is 13.8. The number of alkyl halides is 17. The number of terminal acetylenes is 1. The average Bonchev–Trinajstić information content (AvgIpc) is 2.91. The summed E-state index contributed by atoms with van der Waals surface area (Å²) in [5.74, 6) is -58.6. The van der Waals surface area contributed by atoms with Gasteiger partial charge in [0.25, 0.3) is 5.91 Å². The lowest BCUT2D eigenvalue weighted by molar-refractivity contribution is -0.461. The van der Waals surface area contributed by atoms with Crippen LogP contribution in [0.2, 0.25) is 0 Å². The van der Waals surface area contributed by atoms with Crippen LogP contribution < -0.4 is 0 Å². The molecule has 1 rings (SSSR count). The van der Waals surface area contributed by atoms with Crippen LogP contribution in [0.1, 0.15) is 16.8 Å². The minimum absolute atomic E-state index is 0.000272. The van der Waals surface area contributed by atoms with E-state index in [0.29, 0.717) is 4.90 Å². The summed E-state index contributed by atoms with van der Waals surface area (Å²) < 4.78 is 231. The number of benzene rings is 1. The highest BCUT2D eigenvalue weighted by Crippen LogP contribution is 2.64. The molecule has 0 aliphatic rings. The molecule has 0 saturated carbocycles. The van der Waals surface area contributed by atoms with Crippen LogP contribution in [0.3, 0.4) is 0 Å². The first kappa shape index (κ1) is 39.9. The van der Waals surface area contributed by atoms with Gasteiger partial charge < -0.3 is 9.64 Å². The zero-order valence-electron chi connectivity index (χ0n) is 21.7. The third-order valence-electron chi connectivity index (χ3n) is 5.63. The molecule has 0 bridgehead atoms. The van der Waals surface area contributed by atoms with Crippen molar-refractivity contribution in [3.63, 3.8) is 0 Å². The Morgan fingerprint density at radius 1 is 0.761 bits per heavy atom. The van der Waals surface area contributed by atoms with Gasteiger partial charge in [0.05, 0.1) is 19.6 Å². The second-order valence-corrected chi connectivity index (χ2v) is 8.72. The molecule has 0 spiro atoms. The quantitative estimate of drug-likeness (QED) is 0.0498. The van der Waals surface area contributed by atoms with Gasteiger partial charge in [-0.1, -0.05) is 23.2 Å². The standard InChI is InChI=1S/C22H13F17N4O3/c1-2-8-43(14(45)11-3-5-12(6-4-11)41-42-40)10-13(44)46-9-7-15(23,24)16(25,26)17(27,28)18(29,30)19(31,32)20(33,34)21(35,36)22(37,38)39/h1,3-6H,7-10H2. The van der Waals surface area contributed by atoms with Crippen LogP contribution in [0.5, 0.6) is 0 Å². The van der Waals surface area contributed by atoms with E-state index in [4.69, 9.17) is 12.0 Å². The highest BCUT2D eigenvalue weighted by molar-refractivity contribution is 5.96. The van der Waals surface area contributed by atoms with Gasteiger partial charge in [-0.15, -0.1) is 6.42 Å². The summed E-state index contributed by atoms with van der Waals surface area (Å²) in [6.45, 7) is -4.22. The summed E-state index contributed by atoms with van der Waals surface area (Å²) >= 11 is 0. The van der Waals surface area contributed by atoms with Gasteiger partial charge in [0.1, 0.15) is 6.54 Å². The van der Waals surface area contributed by atoms with Crippen LogP contribution in [-0.4, -0.2) is 84.1 Å². The molecule has 0 heterocycles. The molecule has 1 amide bonds. The predicted molar refractivity (Wildman–Crippen MR) is 116 cm³/mol. The molecule has 0 aliphatic carbocycles. The van der Waals surface area contributed by atoms with E-state index in [0.717, 1.165) is 24.3 Å². The van der Waals surface area contributed by atoms with E-state index in [1.807, 2.05) is 5.92 Å². The number of carbonyl (C=O) groups is 2. The molecule has 0 saturated heterocycles. The minimum atomic E-state index is -8.76. The molecule has 0 N–H and O–H groups in total. The maximum absolute atomic E-state index is 14.0. The van der Waals surface area contributed by atoms with Gasteiger partial charge in [0.2, 0.25) is 0 Å². The zero-order chi connectivity index (χ0) is 36.4. The lowest BCUT2D eigenvalue weighted by atomic mass is 9.88.